The largest absolute Gasteiger partial charge is 0.506 e. The molecule has 0 aliphatic carbocycles. The lowest BCUT2D eigenvalue weighted by molar-refractivity contribution is 0.168. The number of sulfonamides is 1. The van der Waals surface area contributed by atoms with E-state index >= 15 is 0 Å². The number of anilines is 1. The minimum absolute atomic E-state index is 0.0169. The third-order valence-corrected chi connectivity index (χ3v) is 4.43. The highest BCUT2D eigenvalue weighted by Gasteiger charge is 2.24. The molecule has 0 fully saturated rings. The first-order valence-electron chi connectivity index (χ1n) is 5.62. The van der Waals surface area contributed by atoms with Crippen molar-refractivity contribution in [2.24, 2.45) is 0 Å². The molecule has 0 radical (unpaired) electrons. The summed E-state index contributed by atoms with van der Waals surface area (Å²) in [6.45, 7) is 0.00988. The van der Waals surface area contributed by atoms with Crippen LogP contribution in [0.1, 0.15) is 0 Å². The van der Waals surface area contributed by atoms with Crippen molar-refractivity contribution in [3.8, 4) is 5.75 Å². The number of nitrogens with zero attached hydrogens (tertiary/aromatic N) is 1. The van der Waals surface area contributed by atoms with Crippen LogP contribution in [0.5, 0.6) is 5.75 Å². The Bertz CT molecular complexity index is 518. The molecule has 4 N–H and O–H groups in total. The summed E-state index contributed by atoms with van der Waals surface area (Å²) < 4.78 is 30.6. The van der Waals surface area contributed by atoms with Crippen LogP contribution < -0.4 is 5.73 Å². The molecule has 0 bridgehead atoms. The highest BCUT2D eigenvalue weighted by Crippen LogP contribution is 2.25. The zero-order valence-electron chi connectivity index (χ0n) is 10.6. The van der Waals surface area contributed by atoms with Gasteiger partial charge in [0, 0.05) is 20.2 Å². The molecular weight excluding hydrogens is 272 g/mol. The third-order valence-electron chi connectivity index (χ3n) is 2.53. The van der Waals surface area contributed by atoms with E-state index in [4.69, 9.17) is 15.6 Å². The molecule has 0 aromatic heterocycles. The summed E-state index contributed by atoms with van der Waals surface area (Å²) in [5.74, 6) is -0.176. The Balaban J connectivity index is 3.07. The number of hydrogen-bond acceptors (Lipinski definition) is 6. The zero-order valence-corrected chi connectivity index (χ0v) is 11.4. The van der Waals surface area contributed by atoms with Crippen molar-refractivity contribution >= 4 is 15.7 Å². The molecule has 0 aliphatic rings. The molecular formula is C11H18N2O5S. The normalized spacial score (nSPS) is 11.9. The Labute approximate surface area is 112 Å². The number of hydrogen-bond donors (Lipinski definition) is 3. The summed E-state index contributed by atoms with van der Waals surface area (Å²) in [5.41, 5.74) is 5.47. The minimum atomic E-state index is -3.77. The summed E-state index contributed by atoms with van der Waals surface area (Å²) in [5, 5.41) is 18.2. The number of nitrogen functional groups attached to an aromatic ring is 1. The minimum Gasteiger partial charge on any atom is -0.506 e. The van der Waals surface area contributed by atoms with Crippen molar-refractivity contribution in [1.29, 1.82) is 0 Å². The highest BCUT2D eigenvalue weighted by molar-refractivity contribution is 7.89. The molecule has 0 spiro atoms. The molecule has 1 rings (SSSR count). The fourth-order valence-corrected chi connectivity index (χ4v) is 2.95. The average Bonchev–Trinajstić information content (AvgIpc) is 2.37. The number of nitrogens with two attached hydrogens (primary N) is 1. The number of aliphatic hydroxyl groups is 1. The van der Waals surface area contributed by atoms with Crippen LogP contribution in [0.3, 0.4) is 0 Å². The van der Waals surface area contributed by atoms with Crippen LogP contribution in [-0.4, -0.2) is 56.3 Å². The summed E-state index contributed by atoms with van der Waals surface area (Å²) in [7, 11) is -2.31. The summed E-state index contributed by atoms with van der Waals surface area (Å²) in [4.78, 5) is -0.0349. The molecule has 1 aromatic rings. The van der Waals surface area contributed by atoms with E-state index in [1.165, 1.54) is 25.3 Å². The predicted octanol–water partition coefficient (Wildman–Crippen LogP) is -0.396. The van der Waals surface area contributed by atoms with E-state index in [0.717, 1.165) is 4.31 Å². The van der Waals surface area contributed by atoms with Gasteiger partial charge in [-0.1, -0.05) is 0 Å². The molecule has 0 saturated heterocycles. The number of benzene rings is 1. The number of aromatic hydroxyl groups is 1. The quantitative estimate of drug-likeness (QED) is 0.465. The van der Waals surface area contributed by atoms with Crippen LogP contribution in [0.15, 0.2) is 23.1 Å². The molecule has 0 heterocycles. The SMILES string of the molecule is COCCN(CCO)S(=O)(=O)c1ccc(O)c(N)c1. The summed E-state index contributed by atoms with van der Waals surface area (Å²) >= 11 is 0. The molecule has 0 unspecified atom stereocenters. The predicted molar refractivity (Wildman–Crippen MR) is 70.2 cm³/mol. The number of rotatable bonds is 7. The number of aliphatic hydroxyl groups excluding tert-OH is 1. The van der Waals surface area contributed by atoms with Gasteiger partial charge >= 0.3 is 0 Å². The summed E-state index contributed by atoms with van der Waals surface area (Å²) in [6, 6.07) is 3.66. The van der Waals surface area contributed by atoms with E-state index in [-0.39, 0.29) is 42.6 Å². The van der Waals surface area contributed by atoms with Gasteiger partial charge in [0.1, 0.15) is 5.75 Å². The lowest BCUT2D eigenvalue weighted by atomic mass is 10.3. The topological polar surface area (TPSA) is 113 Å². The van der Waals surface area contributed by atoms with Gasteiger partial charge in [0.25, 0.3) is 0 Å². The van der Waals surface area contributed by atoms with Gasteiger partial charge in [0.15, 0.2) is 0 Å². The van der Waals surface area contributed by atoms with Crippen LogP contribution in [0.2, 0.25) is 0 Å². The molecule has 19 heavy (non-hydrogen) atoms. The first-order valence-corrected chi connectivity index (χ1v) is 7.06. The van der Waals surface area contributed by atoms with Gasteiger partial charge in [-0.3, -0.25) is 0 Å². The second kappa shape index (κ2) is 6.71. The number of ether oxygens (including phenoxy) is 1. The lowest BCUT2D eigenvalue weighted by Gasteiger charge is -2.21. The maximum Gasteiger partial charge on any atom is 0.243 e. The number of methoxy groups -OCH3 is 1. The van der Waals surface area contributed by atoms with Gasteiger partial charge in [-0.2, -0.15) is 4.31 Å². The lowest BCUT2D eigenvalue weighted by Crippen LogP contribution is -2.36. The van der Waals surface area contributed by atoms with E-state index in [9.17, 15) is 13.5 Å². The zero-order chi connectivity index (χ0) is 14.5. The number of phenolic OH excluding ortho intramolecular Hbond substituents is 1. The van der Waals surface area contributed by atoms with Crippen LogP contribution >= 0.6 is 0 Å². The van der Waals surface area contributed by atoms with Crippen molar-refractivity contribution in [1.82, 2.24) is 4.31 Å². The van der Waals surface area contributed by atoms with E-state index in [1.54, 1.807) is 0 Å². The maximum atomic E-state index is 12.3. The van der Waals surface area contributed by atoms with Gasteiger partial charge in [-0.15, -0.1) is 0 Å². The van der Waals surface area contributed by atoms with Crippen molar-refractivity contribution in [2.75, 3.05) is 39.1 Å². The maximum absolute atomic E-state index is 12.3. The van der Waals surface area contributed by atoms with Crippen molar-refractivity contribution in [2.45, 2.75) is 4.90 Å². The first-order chi connectivity index (χ1) is 8.93. The fraction of sp³-hybridized carbons (Fsp3) is 0.455. The van der Waals surface area contributed by atoms with Crippen LogP contribution in [0, 0.1) is 0 Å². The van der Waals surface area contributed by atoms with Crippen LogP contribution in [0.25, 0.3) is 0 Å². The number of phenols is 1. The summed E-state index contributed by atoms with van der Waals surface area (Å²) in [6.07, 6.45) is 0. The van der Waals surface area contributed by atoms with Gasteiger partial charge in [-0.05, 0) is 18.2 Å². The third kappa shape index (κ3) is 3.80. The van der Waals surface area contributed by atoms with E-state index < -0.39 is 10.0 Å². The second-order valence-electron chi connectivity index (χ2n) is 3.84. The molecule has 0 amide bonds. The highest BCUT2D eigenvalue weighted by atomic mass is 32.2. The molecule has 1 aromatic carbocycles. The van der Waals surface area contributed by atoms with Crippen LogP contribution in [-0.2, 0) is 14.8 Å². The first kappa shape index (κ1) is 15.7. The van der Waals surface area contributed by atoms with E-state index in [1.807, 2.05) is 0 Å². The molecule has 0 atom stereocenters. The average molecular weight is 290 g/mol. The van der Waals surface area contributed by atoms with Crippen molar-refractivity contribution < 1.29 is 23.4 Å². The Kier molecular flexibility index (Phi) is 5.55. The Morgan fingerprint density at radius 2 is 2.05 bits per heavy atom. The molecule has 0 aliphatic heterocycles. The standard InChI is InChI=1S/C11H18N2O5S/c1-18-7-5-13(4-6-14)19(16,17)9-2-3-11(15)10(12)8-9/h2-3,8,14-15H,4-7,12H2,1H3. The van der Waals surface area contributed by atoms with Crippen molar-refractivity contribution in [3.05, 3.63) is 18.2 Å². The Morgan fingerprint density at radius 3 is 2.58 bits per heavy atom. The Hall–Kier alpha value is -1.35. The molecule has 7 nitrogen and oxygen atoms in total. The van der Waals surface area contributed by atoms with E-state index in [2.05, 4.69) is 0 Å². The molecule has 0 saturated carbocycles. The molecule has 8 heteroatoms. The smallest absolute Gasteiger partial charge is 0.243 e. The monoisotopic (exact) mass is 290 g/mol. The van der Waals surface area contributed by atoms with Gasteiger partial charge in [-0.25, -0.2) is 8.42 Å². The van der Waals surface area contributed by atoms with Crippen molar-refractivity contribution in [3.63, 3.8) is 0 Å². The van der Waals surface area contributed by atoms with E-state index in [0.29, 0.717) is 0 Å². The van der Waals surface area contributed by atoms with Gasteiger partial charge < -0.3 is 20.7 Å². The molecule has 108 valence electrons. The fourth-order valence-electron chi connectivity index (χ4n) is 1.50. The van der Waals surface area contributed by atoms with Gasteiger partial charge in [0.2, 0.25) is 10.0 Å². The Morgan fingerprint density at radius 1 is 1.37 bits per heavy atom. The van der Waals surface area contributed by atoms with Gasteiger partial charge in [0.05, 0.1) is 23.8 Å². The van der Waals surface area contributed by atoms with Crippen LogP contribution in [0.4, 0.5) is 5.69 Å². The second-order valence-corrected chi connectivity index (χ2v) is 5.78.